The summed E-state index contributed by atoms with van der Waals surface area (Å²) in [6, 6.07) is 4.47. The Bertz CT molecular complexity index is 1600. The molecular formula is C35H44O19. The minimum Gasteiger partial charge on any atom is -0.504 e. The van der Waals surface area contributed by atoms with Crippen molar-refractivity contribution in [3.63, 3.8) is 0 Å². The summed E-state index contributed by atoms with van der Waals surface area (Å²) < 4.78 is 57.6. The highest BCUT2D eigenvalue weighted by atomic mass is 16.8. The Balaban J connectivity index is 1.21. The largest absolute Gasteiger partial charge is 0.504 e. The molecule has 4 heterocycles. The van der Waals surface area contributed by atoms with Crippen LogP contribution in [0.5, 0.6) is 11.5 Å². The highest BCUT2D eigenvalue weighted by molar-refractivity contribution is 5.87. The van der Waals surface area contributed by atoms with Gasteiger partial charge in [0.05, 0.1) is 44.7 Å². The fourth-order valence-corrected chi connectivity index (χ4v) is 7.50. The minimum atomic E-state index is -1.74. The quantitative estimate of drug-likeness (QED) is 0.0604. The summed E-state index contributed by atoms with van der Waals surface area (Å²) in [5, 5.41) is 61.3. The third-order valence-electron chi connectivity index (χ3n) is 10.1. The van der Waals surface area contributed by atoms with E-state index in [0.717, 1.165) is 19.9 Å². The first kappa shape index (κ1) is 39.8. The van der Waals surface area contributed by atoms with Crippen molar-refractivity contribution in [1.82, 2.24) is 0 Å². The van der Waals surface area contributed by atoms with Gasteiger partial charge in [0, 0.05) is 25.8 Å². The molecule has 19 heteroatoms. The van der Waals surface area contributed by atoms with E-state index in [1.807, 2.05) is 0 Å². The van der Waals surface area contributed by atoms with E-state index in [1.165, 1.54) is 38.5 Å². The molecular weight excluding hydrogens is 724 g/mol. The summed E-state index contributed by atoms with van der Waals surface area (Å²) in [4.78, 5) is 37.8. The van der Waals surface area contributed by atoms with Crippen LogP contribution in [0, 0.1) is 11.8 Å². The lowest BCUT2D eigenvalue weighted by atomic mass is 9.85. The van der Waals surface area contributed by atoms with Gasteiger partial charge in [-0.1, -0.05) is 6.07 Å². The summed E-state index contributed by atoms with van der Waals surface area (Å²) in [6.45, 7) is 2.54. The van der Waals surface area contributed by atoms with E-state index < -0.39 is 128 Å². The van der Waals surface area contributed by atoms with E-state index in [1.54, 1.807) is 12.1 Å². The number of phenolic OH excluding ortho intramolecular Hbond substituents is 1. The Morgan fingerprint density at radius 1 is 0.870 bits per heavy atom. The number of carbonyl (C=O) groups excluding carboxylic acids is 3. The van der Waals surface area contributed by atoms with Crippen molar-refractivity contribution in [2.75, 3.05) is 20.3 Å². The first-order valence-electron chi connectivity index (χ1n) is 17.2. The lowest BCUT2D eigenvalue weighted by molar-refractivity contribution is -0.347. The molecule has 1 aromatic carbocycles. The van der Waals surface area contributed by atoms with Gasteiger partial charge in [-0.05, 0) is 36.8 Å². The van der Waals surface area contributed by atoms with Gasteiger partial charge >= 0.3 is 17.9 Å². The second-order valence-corrected chi connectivity index (χ2v) is 13.5. The topological polar surface area (TPSA) is 268 Å². The number of carbonyl (C=O) groups is 3. The highest BCUT2D eigenvalue weighted by Gasteiger charge is 2.77. The number of phenols is 1. The SMILES string of the molecule is COc1ccc(/C=C/C(=O)O[C@@H]2[C@@H](OC(C)=O)[C@@H](OC(C)=O)[C@H](O[C@H]3[C@@H]4C=CO[C@@H](O[C@@H]5O[C@H](CO)[C@@H](O)[C@H](O)[C@H]5O)[C@@H]4[C@@]4(CO)O[C@@H]34)O[C@H]2C)cc1O. The molecule has 5 aliphatic rings. The molecule has 54 heavy (non-hydrogen) atoms. The Hall–Kier alpha value is -3.89. The van der Waals surface area contributed by atoms with Gasteiger partial charge < -0.3 is 78.0 Å². The number of benzene rings is 1. The Morgan fingerprint density at radius 2 is 1.59 bits per heavy atom. The van der Waals surface area contributed by atoms with Gasteiger partial charge in [-0.25, -0.2) is 4.79 Å². The van der Waals surface area contributed by atoms with Gasteiger partial charge in [0.2, 0.25) is 6.29 Å². The molecule has 16 atom stereocenters. The van der Waals surface area contributed by atoms with Gasteiger partial charge in [0.15, 0.2) is 42.4 Å². The van der Waals surface area contributed by atoms with Crippen LogP contribution in [0.4, 0.5) is 0 Å². The van der Waals surface area contributed by atoms with E-state index in [0.29, 0.717) is 5.56 Å². The molecule has 0 unspecified atom stereocenters. The molecule has 0 bridgehead atoms. The van der Waals surface area contributed by atoms with E-state index in [2.05, 4.69) is 0 Å². The summed E-state index contributed by atoms with van der Waals surface area (Å²) in [5.41, 5.74) is -0.851. The number of esters is 3. The zero-order chi connectivity index (χ0) is 39.1. The van der Waals surface area contributed by atoms with Crippen LogP contribution in [0.3, 0.4) is 0 Å². The molecule has 4 fully saturated rings. The maximum Gasteiger partial charge on any atom is 0.331 e. The van der Waals surface area contributed by atoms with Gasteiger partial charge in [-0.2, -0.15) is 0 Å². The molecule has 0 spiro atoms. The van der Waals surface area contributed by atoms with Gasteiger partial charge in [0.1, 0.15) is 36.1 Å². The van der Waals surface area contributed by atoms with Crippen molar-refractivity contribution in [3.05, 3.63) is 42.2 Å². The predicted molar refractivity (Wildman–Crippen MR) is 174 cm³/mol. The molecule has 4 aliphatic heterocycles. The van der Waals surface area contributed by atoms with Crippen molar-refractivity contribution in [1.29, 1.82) is 0 Å². The van der Waals surface area contributed by atoms with Crippen molar-refractivity contribution in [2.24, 2.45) is 11.8 Å². The number of epoxide rings is 1. The number of aliphatic hydroxyl groups excluding tert-OH is 5. The summed E-state index contributed by atoms with van der Waals surface area (Å²) >= 11 is 0. The molecule has 298 valence electrons. The van der Waals surface area contributed by atoms with Crippen LogP contribution in [0.25, 0.3) is 6.08 Å². The predicted octanol–water partition coefficient (Wildman–Crippen LogP) is -1.62. The van der Waals surface area contributed by atoms with Crippen LogP contribution >= 0.6 is 0 Å². The van der Waals surface area contributed by atoms with Gasteiger partial charge in [-0.3, -0.25) is 9.59 Å². The summed E-state index contributed by atoms with van der Waals surface area (Å²) in [7, 11) is 1.39. The molecule has 0 amide bonds. The molecule has 1 aliphatic carbocycles. The number of rotatable bonds is 12. The van der Waals surface area contributed by atoms with Gasteiger partial charge in [0.25, 0.3) is 0 Å². The van der Waals surface area contributed by atoms with Crippen molar-refractivity contribution in [3.8, 4) is 11.5 Å². The Kier molecular flexibility index (Phi) is 11.8. The number of methoxy groups -OCH3 is 1. The number of aromatic hydroxyl groups is 1. The monoisotopic (exact) mass is 768 g/mol. The van der Waals surface area contributed by atoms with Crippen LogP contribution < -0.4 is 4.74 Å². The number of hydrogen-bond donors (Lipinski definition) is 6. The second kappa shape index (κ2) is 16.1. The fourth-order valence-electron chi connectivity index (χ4n) is 7.50. The van der Waals surface area contributed by atoms with Gasteiger partial charge in [-0.15, -0.1) is 0 Å². The lowest BCUT2D eigenvalue weighted by Crippen LogP contribution is -2.62. The number of ether oxygens (including phenoxy) is 10. The molecule has 0 radical (unpaired) electrons. The highest BCUT2D eigenvalue weighted by Crippen LogP contribution is 2.61. The zero-order valence-electron chi connectivity index (χ0n) is 29.6. The molecule has 6 N–H and O–H groups in total. The Morgan fingerprint density at radius 3 is 2.24 bits per heavy atom. The average Bonchev–Trinajstić information content (AvgIpc) is 3.81. The van der Waals surface area contributed by atoms with E-state index >= 15 is 0 Å². The van der Waals surface area contributed by atoms with Crippen LogP contribution in [0.1, 0.15) is 26.3 Å². The second-order valence-electron chi connectivity index (χ2n) is 13.5. The normalized spacial score (nSPS) is 40.9. The first-order valence-corrected chi connectivity index (χ1v) is 17.2. The van der Waals surface area contributed by atoms with Crippen LogP contribution in [-0.2, 0) is 57.0 Å². The number of aliphatic hydroxyl groups is 5. The van der Waals surface area contributed by atoms with E-state index in [4.69, 9.17) is 47.4 Å². The Labute approximate surface area is 308 Å². The van der Waals surface area contributed by atoms with E-state index in [9.17, 15) is 45.0 Å². The molecule has 19 nitrogen and oxygen atoms in total. The molecule has 3 saturated heterocycles. The summed E-state index contributed by atoms with van der Waals surface area (Å²) in [5.74, 6) is -3.84. The standard InChI is InChI=1S/C35H44O19/c1-14-27(51-22(41)8-6-17-5-7-20(45-4)19(40)11-17)29(48-15(2)38)30(49-16(3)39)34(47-14)52-28-18-9-10-46-32(23(18)35(13-37)31(28)54-35)53-33-26(44)25(43)24(42)21(12-36)50-33/h5-11,14,18,21,23-34,36-37,40,42-44H,12-13H2,1-4H3/b8-6+/t14-,18+,21+,23+,24+,25-,26+,27-,28-,29+,30+,31-,32-,33-,34-,35+/m0/s1. The minimum absolute atomic E-state index is 0.151. The maximum atomic E-state index is 13.0. The zero-order valence-corrected chi connectivity index (χ0v) is 29.6. The van der Waals surface area contributed by atoms with Crippen LogP contribution in [0.15, 0.2) is 36.6 Å². The molecule has 1 aromatic rings. The van der Waals surface area contributed by atoms with Crippen molar-refractivity contribution < 1.29 is 92.4 Å². The summed E-state index contributed by atoms with van der Waals surface area (Å²) in [6.07, 6.45) is -12.2. The third kappa shape index (κ3) is 7.65. The molecule has 1 saturated carbocycles. The smallest absolute Gasteiger partial charge is 0.331 e. The number of fused-ring (bicyclic) bond motifs is 3. The molecule has 6 rings (SSSR count). The maximum absolute atomic E-state index is 13.0. The fraction of sp³-hybridized carbons (Fsp3) is 0.629. The average molecular weight is 769 g/mol. The van der Waals surface area contributed by atoms with Crippen molar-refractivity contribution >= 4 is 24.0 Å². The number of hydrogen-bond acceptors (Lipinski definition) is 19. The van der Waals surface area contributed by atoms with Crippen molar-refractivity contribution in [2.45, 2.75) is 106 Å². The van der Waals surface area contributed by atoms with Crippen LogP contribution in [0.2, 0.25) is 0 Å². The lowest BCUT2D eigenvalue weighted by Gasteiger charge is -2.45. The third-order valence-corrected chi connectivity index (χ3v) is 10.1. The molecule has 0 aromatic heterocycles. The first-order chi connectivity index (χ1) is 25.7. The van der Waals surface area contributed by atoms with E-state index in [-0.39, 0.29) is 11.5 Å². The van der Waals surface area contributed by atoms with Crippen LogP contribution in [-0.4, -0.2) is 154 Å².